The Morgan fingerprint density at radius 3 is 2.52 bits per heavy atom. The van der Waals surface area contributed by atoms with E-state index in [0.717, 1.165) is 23.0 Å². The van der Waals surface area contributed by atoms with Crippen LogP contribution in [0.4, 0.5) is 10.2 Å². The predicted molar refractivity (Wildman–Crippen MR) is 103 cm³/mol. The molecular weight excluding hydrogens is 369 g/mol. The molecule has 142 valence electrons. The summed E-state index contributed by atoms with van der Waals surface area (Å²) in [5.41, 5.74) is 2.48. The molecule has 0 aliphatic rings. The zero-order valence-electron chi connectivity index (χ0n) is 15.3. The van der Waals surface area contributed by atoms with Crippen LogP contribution in [0.5, 0.6) is 0 Å². The average molecular weight is 389 g/mol. The fourth-order valence-electron chi connectivity index (χ4n) is 2.57. The number of rotatable bonds is 7. The van der Waals surface area contributed by atoms with E-state index in [0.29, 0.717) is 23.7 Å². The van der Waals surface area contributed by atoms with Crippen LogP contribution in [0.1, 0.15) is 23.7 Å². The zero-order chi connectivity index (χ0) is 20.0. The van der Waals surface area contributed by atoms with Crippen molar-refractivity contribution in [3.05, 3.63) is 46.9 Å². The van der Waals surface area contributed by atoms with Crippen molar-refractivity contribution >= 4 is 29.5 Å². The van der Waals surface area contributed by atoms with Crippen LogP contribution >= 0.6 is 11.8 Å². The third-order valence-electron chi connectivity index (χ3n) is 3.93. The SMILES string of the molecule is CCOC(=O)CSCC(=O)Nc1c(C#N)c(C)c(C)n1-c1ccc(F)cc1. The molecule has 6 nitrogen and oxygen atoms in total. The number of hydrogen-bond donors (Lipinski definition) is 1. The van der Waals surface area contributed by atoms with Crippen LogP contribution in [-0.2, 0) is 14.3 Å². The summed E-state index contributed by atoms with van der Waals surface area (Å²) in [7, 11) is 0. The van der Waals surface area contributed by atoms with Crippen LogP contribution in [0, 0.1) is 31.0 Å². The van der Waals surface area contributed by atoms with E-state index in [1.54, 1.807) is 30.5 Å². The minimum atomic E-state index is -0.380. The molecule has 0 atom stereocenters. The van der Waals surface area contributed by atoms with Gasteiger partial charge in [-0.15, -0.1) is 11.8 Å². The summed E-state index contributed by atoms with van der Waals surface area (Å²) in [5.74, 6) is -0.654. The lowest BCUT2D eigenvalue weighted by Crippen LogP contribution is -2.19. The smallest absolute Gasteiger partial charge is 0.315 e. The molecule has 27 heavy (non-hydrogen) atoms. The quantitative estimate of drug-likeness (QED) is 0.734. The van der Waals surface area contributed by atoms with Gasteiger partial charge in [0.1, 0.15) is 17.7 Å². The molecule has 0 saturated heterocycles. The number of nitrogens with one attached hydrogen (secondary N) is 1. The second kappa shape index (κ2) is 9.24. The largest absolute Gasteiger partial charge is 0.465 e. The monoisotopic (exact) mass is 389 g/mol. The van der Waals surface area contributed by atoms with Gasteiger partial charge in [0, 0.05) is 11.4 Å². The molecule has 0 spiro atoms. The minimum Gasteiger partial charge on any atom is -0.465 e. The number of anilines is 1. The third-order valence-corrected chi connectivity index (χ3v) is 4.83. The first kappa shape index (κ1) is 20.5. The fourth-order valence-corrected chi connectivity index (χ4v) is 3.18. The molecule has 1 amide bonds. The van der Waals surface area contributed by atoms with Crippen LogP contribution in [-0.4, -0.2) is 34.6 Å². The van der Waals surface area contributed by atoms with Gasteiger partial charge < -0.3 is 10.1 Å². The minimum absolute atomic E-state index is 0.0381. The molecular formula is C19H20FN3O3S. The summed E-state index contributed by atoms with van der Waals surface area (Å²) in [6.07, 6.45) is 0. The van der Waals surface area contributed by atoms with Gasteiger partial charge >= 0.3 is 5.97 Å². The summed E-state index contributed by atoms with van der Waals surface area (Å²) < 4.78 is 19.8. The molecule has 8 heteroatoms. The molecule has 2 aromatic rings. The molecule has 0 radical (unpaired) electrons. The lowest BCUT2D eigenvalue weighted by Gasteiger charge is -2.13. The maximum atomic E-state index is 13.3. The summed E-state index contributed by atoms with van der Waals surface area (Å²) in [6.45, 7) is 5.62. The second-order valence-electron chi connectivity index (χ2n) is 5.70. The van der Waals surface area contributed by atoms with Crippen molar-refractivity contribution in [1.29, 1.82) is 5.26 Å². The van der Waals surface area contributed by atoms with Crippen molar-refractivity contribution in [3.8, 4) is 11.8 Å². The Labute approximate surface area is 161 Å². The lowest BCUT2D eigenvalue weighted by molar-refractivity contribution is -0.139. The molecule has 0 bridgehead atoms. The number of nitriles is 1. The first-order valence-electron chi connectivity index (χ1n) is 8.30. The number of aromatic nitrogens is 1. The van der Waals surface area contributed by atoms with Crippen LogP contribution in [0.2, 0.25) is 0 Å². The van der Waals surface area contributed by atoms with E-state index in [-0.39, 0.29) is 29.2 Å². The van der Waals surface area contributed by atoms with Gasteiger partial charge in [0.25, 0.3) is 0 Å². The summed E-state index contributed by atoms with van der Waals surface area (Å²) >= 11 is 1.13. The van der Waals surface area contributed by atoms with Gasteiger partial charge in [0.15, 0.2) is 0 Å². The number of carbonyl (C=O) groups is 2. The summed E-state index contributed by atoms with van der Waals surface area (Å²) in [5, 5.41) is 12.3. The van der Waals surface area contributed by atoms with Gasteiger partial charge in [-0.05, 0) is 50.6 Å². The Bertz CT molecular complexity index is 885. The Kier molecular flexibility index (Phi) is 7.02. The Morgan fingerprint density at radius 1 is 1.26 bits per heavy atom. The highest BCUT2D eigenvalue weighted by molar-refractivity contribution is 8.00. The number of carbonyl (C=O) groups excluding carboxylic acids is 2. The molecule has 0 fully saturated rings. The maximum Gasteiger partial charge on any atom is 0.315 e. The number of nitrogens with zero attached hydrogens (tertiary/aromatic N) is 2. The third kappa shape index (κ3) is 4.89. The fraction of sp³-hybridized carbons (Fsp3) is 0.316. The van der Waals surface area contributed by atoms with Gasteiger partial charge in [-0.2, -0.15) is 5.26 Å². The van der Waals surface area contributed by atoms with E-state index >= 15 is 0 Å². The summed E-state index contributed by atoms with van der Waals surface area (Å²) in [4.78, 5) is 23.7. The van der Waals surface area contributed by atoms with Gasteiger partial charge in [-0.1, -0.05) is 0 Å². The number of esters is 1. The van der Waals surface area contributed by atoms with Crippen molar-refractivity contribution in [2.75, 3.05) is 23.4 Å². The van der Waals surface area contributed by atoms with Gasteiger partial charge in [-0.3, -0.25) is 14.2 Å². The normalized spacial score (nSPS) is 10.3. The van der Waals surface area contributed by atoms with E-state index in [2.05, 4.69) is 11.4 Å². The number of benzene rings is 1. The Morgan fingerprint density at radius 2 is 1.93 bits per heavy atom. The molecule has 1 aromatic heterocycles. The second-order valence-corrected chi connectivity index (χ2v) is 6.69. The molecule has 1 heterocycles. The Hall–Kier alpha value is -2.79. The standard InChI is InChI=1S/C19H20FN3O3S/c1-4-26-18(25)11-27-10-17(24)22-19-16(9-21)12(2)13(3)23(19)15-7-5-14(20)6-8-15/h5-8H,4,10-11H2,1-3H3,(H,22,24). The van der Waals surface area contributed by atoms with Crippen LogP contribution < -0.4 is 5.32 Å². The molecule has 0 aliphatic heterocycles. The average Bonchev–Trinajstić information content (AvgIpc) is 2.86. The highest BCUT2D eigenvalue weighted by Crippen LogP contribution is 2.30. The van der Waals surface area contributed by atoms with E-state index in [9.17, 15) is 19.2 Å². The van der Waals surface area contributed by atoms with E-state index in [4.69, 9.17) is 4.74 Å². The predicted octanol–water partition coefficient (Wildman–Crippen LogP) is 3.34. The van der Waals surface area contributed by atoms with Crippen molar-refractivity contribution < 1.29 is 18.7 Å². The van der Waals surface area contributed by atoms with E-state index in [1.165, 1.54) is 12.1 Å². The number of amides is 1. The molecule has 0 saturated carbocycles. The van der Waals surface area contributed by atoms with Crippen LogP contribution in [0.25, 0.3) is 5.69 Å². The molecule has 2 rings (SSSR count). The maximum absolute atomic E-state index is 13.3. The highest BCUT2D eigenvalue weighted by atomic mass is 32.2. The van der Waals surface area contributed by atoms with Crippen molar-refractivity contribution in [3.63, 3.8) is 0 Å². The molecule has 0 unspecified atom stereocenters. The molecule has 0 aliphatic carbocycles. The summed E-state index contributed by atoms with van der Waals surface area (Å²) in [6, 6.07) is 7.90. The van der Waals surface area contributed by atoms with Crippen molar-refractivity contribution in [1.82, 2.24) is 4.57 Å². The van der Waals surface area contributed by atoms with Crippen LogP contribution in [0.3, 0.4) is 0 Å². The van der Waals surface area contributed by atoms with Crippen molar-refractivity contribution in [2.45, 2.75) is 20.8 Å². The number of thioether (sulfide) groups is 1. The van der Waals surface area contributed by atoms with Gasteiger partial charge in [0.05, 0.1) is 23.7 Å². The van der Waals surface area contributed by atoms with Crippen molar-refractivity contribution in [2.24, 2.45) is 0 Å². The van der Waals surface area contributed by atoms with Crippen LogP contribution in [0.15, 0.2) is 24.3 Å². The molecule has 1 aromatic carbocycles. The first-order valence-corrected chi connectivity index (χ1v) is 9.45. The highest BCUT2D eigenvalue weighted by Gasteiger charge is 2.20. The van der Waals surface area contributed by atoms with E-state index in [1.807, 2.05) is 6.92 Å². The van der Waals surface area contributed by atoms with E-state index < -0.39 is 0 Å². The Balaban J connectivity index is 2.24. The lowest BCUT2D eigenvalue weighted by atomic mass is 10.2. The number of halogens is 1. The molecule has 1 N–H and O–H groups in total. The number of hydrogen-bond acceptors (Lipinski definition) is 5. The van der Waals surface area contributed by atoms with Gasteiger partial charge in [-0.25, -0.2) is 4.39 Å². The number of ether oxygens (including phenoxy) is 1. The van der Waals surface area contributed by atoms with Gasteiger partial charge in [0.2, 0.25) is 5.91 Å². The topological polar surface area (TPSA) is 84.1 Å². The zero-order valence-corrected chi connectivity index (χ0v) is 16.2. The first-order chi connectivity index (χ1) is 12.9.